The summed E-state index contributed by atoms with van der Waals surface area (Å²) in [4.78, 5) is 5.71. The molecule has 0 bridgehead atoms. The average Bonchev–Trinajstić information content (AvgIpc) is 3.13. The standard InChI is InChI=1S/C14H14N4S/c1-11(13-4-2-9-19-13)17-12-5-6-14(15-10-12)18-8-3-7-16-18/h2-11,17H,1H3. The normalized spacial score (nSPS) is 12.3. The number of pyridine rings is 1. The molecule has 0 fully saturated rings. The summed E-state index contributed by atoms with van der Waals surface area (Å²) in [6.45, 7) is 2.15. The average molecular weight is 270 g/mol. The number of hydrogen-bond acceptors (Lipinski definition) is 4. The Balaban J connectivity index is 1.73. The van der Waals surface area contributed by atoms with E-state index in [0.717, 1.165) is 11.5 Å². The zero-order chi connectivity index (χ0) is 13.1. The number of aromatic nitrogens is 3. The molecule has 0 amide bonds. The summed E-state index contributed by atoms with van der Waals surface area (Å²) in [6.07, 6.45) is 5.46. The Morgan fingerprint density at radius 1 is 1.26 bits per heavy atom. The molecule has 19 heavy (non-hydrogen) atoms. The Bertz CT molecular complexity index is 614. The number of nitrogens with zero attached hydrogens (tertiary/aromatic N) is 3. The Morgan fingerprint density at radius 2 is 2.21 bits per heavy atom. The first-order valence-corrected chi connectivity index (χ1v) is 6.97. The van der Waals surface area contributed by atoms with Gasteiger partial charge in [-0.25, -0.2) is 9.67 Å². The molecule has 0 aliphatic heterocycles. The van der Waals surface area contributed by atoms with Crippen LogP contribution in [-0.2, 0) is 0 Å². The molecule has 0 aliphatic rings. The number of anilines is 1. The predicted molar refractivity (Wildman–Crippen MR) is 77.7 cm³/mol. The lowest BCUT2D eigenvalue weighted by molar-refractivity contribution is 0.844. The molecule has 3 aromatic heterocycles. The first kappa shape index (κ1) is 11.9. The van der Waals surface area contributed by atoms with Crippen LogP contribution >= 0.6 is 11.3 Å². The first-order valence-electron chi connectivity index (χ1n) is 6.09. The zero-order valence-electron chi connectivity index (χ0n) is 10.5. The second-order valence-electron chi connectivity index (χ2n) is 4.24. The third-order valence-electron chi connectivity index (χ3n) is 2.84. The SMILES string of the molecule is CC(Nc1ccc(-n2cccn2)nc1)c1cccs1. The first-order chi connectivity index (χ1) is 9.33. The maximum absolute atomic E-state index is 4.40. The van der Waals surface area contributed by atoms with Crippen LogP contribution in [0, 0.1) is 0 Å². The van der Waals surface area contributed by atoms with Gasteiger partial charge in [0.05, 0.1) is 17.9 Å². The van der Waals surface area contributed by atoms with E-state index >= 15 is 0 Å². The third kappa shape index (κ3) is 2.66. The van der Waals surface area contributed by atoms with Crippen molar-refractivity contribution in [2.45, 2.75) is 13.0 Å². The van der Waals surface area contributed by atoms with Crippen LogP contribution in [-0.4, -0.2) is 14.8 Å². The number of hydrogen-bond donors (Lipinski definition) is 1. The highest BCUT2D eigenvalue weighted by Gasteiger charge is 2.06. The van der Waals surface area contributed by atoms with Gasteiger partial charge in [0.15, 0.2) is 5.82 Å². The molecule has 0 aromatic carbocycles. The lowest BCUT2D eigenvalue weighted by Gasteiger charge is -2.13. The van der Waals surface area contributed by atoms with E-state index in [-0.39, 0.29) is 6.04 Å². The smallest absolute Gasteiger partial charge is 0.153 e. The molecule has 1 unspecified atom stereocenters. The van der Waals surface area contributed by atoms with E-state index in [9.17, 15) is 0 Å². The highest BCUT2D eigenvalue weighted by molar-refractivity contribution is 7.10. The van der Waals surface area contributed by atoms with Crippen LogP contribution in [0.15, 0.2) is 54.3 Å². The molecule has 3 heterocycles. The Hall–Kier alpha value is -2.14. The summed E-state index contributed by atoms with van der Waals surface area (Å²) in [5.41, 5.74) is 1.01. The quantitative estimate of drug-likeness (QED) is 0.789. The summed E-state index contributed by atoms with van der Waals surface area (Å²) in [7, 11) is 0. The summed E-state index contributed by atoms with van der Waals surface area (Å²) in [6, 6.07) is 10.3. The minimum absolute atomic E-state index is 0.289. The third-order valence-corrected chi connectivity index (χ3v) is 3.90. The van der Waals surface area contributed by atoms with E-state index in [4.69, 9.17) is 0 Å². The lowest BCUT2D eigenvalue weighted by atomic mass is 10.2. The van der Waals surface area contributed by atoms with Crippen molar-refractivity contribution in [3.8, 4) is 5.82 Å². The topological polar surface area (TPSA) is 42.7 Å². The van der Waals surface area contributed by atoms with Gasteiger partial charge in [-0.15, -0.1) is 11.3 Å². The minimum Gasteiger partial charge on any atom is -0.376 e. The van der Waals surface area contributed by atoms with Crippen molar-refractivity contribution in [3.63, 3.8) is 0 Å². The van der Waals surface area contributed by atoms with E-state index in [1.807, 2.05) is 30.6 Å². The van der Waals surface area contributed by atoms with Gasteiger partial charge in [-0.1, -0.05) is 6.07 Å². The van der Waals surface area contributed by atoms with Crippen molar-refractivity contribution < 1.29 is 0 Å². The van der Waals surface area contributed by atoms with Gasteiger partial charge >= 0.3 is 0 Å². The van der Waals surface area contributed by atoms with Gasteiger partial charge in [-0.2, -0.15) is 5.10 Å². The van der Waals surface area contributed by atoms with Crippen LogP contribution in [0.3, 0.4) is 0 Å². The zero-order valence-corrected chi connectivity index (χ0v) is 11.3. The van der Waals surface area contributed by atoms with Crippen molar-refractivity contribution >= 4 is 17.0 Å². The van der Waals surface area contributed by atoms with Crippen LogP contribution in [0.25, 0.3) is 5.82 Å². The molecule has 0 spiro atoms. The lowest BCUT2D eigenvalue weighted by Crippen LogP contribution is -2.06. The van der Waals surface area contributed by atoms with Crippen molar-refractivity contribution in [1.82, 2.24) is 14.8 Å². The van der Waals surface area contributed by atoms with Crippen LogP contribution < -0.4 is 5.32 Å². The van der Waals surface area contributed by atoms with E-state index < -0.39 is 0 Å². The molecule has 0 aliphatic carbocycles. The Morgan fingerprint density at radius 3 is 2.84 bits per heavy atom. The molecular formula is C14H14N4S. The summed E-state index contributed by atoms with van der Waals surface area (Å²) in [5, 5.41) is 9.68. The highest BCUT2D eigenvalue weighted by Crippen LogP contribution is 2.22. The highest BCUT2D eigenvalue weighted by atomic mass is 32.1. The molecular weight excluding hydrogens is 256 g/mol. The second kappa shape index (κ2) is 5.24. The van der Waals surface area contributed by atoms with Crippen LogP contribution in [0.4, 0.5) is 5.69 Å². The van der Waals surface area contributed by atoms with E-state index in [2.05, 4.69) is 39.8 Å². The predicted octanol–water partition coefficient (Wildman–Crippen LogP) is 3.50. The van der Waals surface area contributed by atoms with E-state index in [0.29, 0.717) is 0 Å². The molecule has 5 heteroatoms. The summed E-state index contributed by atoms with van der Waals surface area (Å²) in [5.74, 6) is 0.819. The molecule has 0 saturated heterocycles. The minimum atomic E-state index is 0.289. The molecule has 0 saturated carbocycles. The maximum atomic E-state index is 4.40. The molecule has 3 aromatic rings. The largest absolute Gasteiger partial charge is 0.376 e. The second-order valence-corrected chi connectivity index (χ2v) is 5.22. The van der Waals surface area contributed by atoms with Gasteiger partial charge in [0.1, 0.15) is 0 Å². The molecule has 1 N–H and O–H groups in total. The summed E-state index contributed by atoms with van der Waals surface area (Å²) >= 11 is 1.75. The Labute approximate surface area is 115 Å². The molecule has 96 valence electrons. The van der Waals surface area contributed by atoms with Gasteiger partial charge in [0.2, 0.25) is 0 Å². The van der Waals surface area contributed by atoms with E-state index in [1.54, 1.807) is 22.2 Å². The summed E-state index contributed by atoms with van der Waals surface area (Å²) < 4.78 is 1.74. The van der Waals surface area contributed by atoms with Gasteiger partial charge < -0.3 is 5.32 Å². The maximum Gasteiger partial charge on any atom is 0.153 e. The monoisotopic (exact) mass is 270 g/mol. The van der Waals surface area contributed by atoms with Crippen LogP contribution in [0.5, 0.6) is 0 Å². The van der Waals surface area contributed by atoms with Gasteiger partial charge in [0, 0.05) is 17.3 Å². The fourth-order valence-corrected chi connectivity index (χ4v) is 2.60. The van der Waals surface area contributed by atoms with Crippen molar-refractivity contribution in [1.29, 1.82) is 0 Å². The molecule has 1 atom stereocenters. The molecule has 0 radical (unpaired) electrons. The van der Waals surface area contributed by atoms with E-state index in [1.165, 1.54) is 4.88 Å². The van der Waals surface area contributed by atoms with Crippen molar-refractivity contribution in [2.75, 3.05) is 5.32 Å². The fourth-order valence-electron chi connectivity index (χ4n) is 1.87. The number of thiophene rings is 1. The number of rotatable bonds is 4. The van der Waals surface area contributed by atoms with Gasteiger partial charge in [0.25, 0.3) is 0 Å². The van der Waals surface area contributed by atoms with Crippen LogP contribution in [0.2, 0.25) is 0 Å². The van der Waals surface area contributed by atoms with Crippen molar-refractivity contribution in [3.05, 3.63) is 59.2 Å². The molecule has 3 rings (SSSR count). The Kier molecular flexibility index (Phi) is 3.29. The fraction of sp³-hybridized carbons (Fsp3) is 0.143. The van der Waals surface area contributed by atoms with Gasteiger partial charge in [-0.3, -0.25) is 0 Å². The number of nitrogens with one attached hydrogen (secondary N) is 1. The molecule has 4 nitrogen and oxygen atoms in total. The van der Waals surface area contributed by atoms with Crippen LogP contribution in [0.1, 0.15) is 17.8 Å². The van der Waals surface area contributed by atoms with Gasteiger partial charge in [-0.05, 0) is 36.6 Å². The van der Waals surface area contributed by atoms with Crippen molar-refractivity contribution in [2.24, 2.45) is 0 Å².